The lowest BCUT2D eigenvalue weighted by Crippen LogP contribution is -1.95. The topological polar surface area (TPSA) is 59.4 Å². The third-order valence-electron chi connectivity index (χ3n) is 3.45. The Balaban J connectivity index is 2.10. The van der Waals surface area contributed by atoms with E-state index in [4.69, 9.17) is 4.74 Å². The van der Waals surface area contributed by atoms with Gasteiger partial charge in [-0.3, -0.25) is 0 Å². The Morgan fingerprint density at radius 2 is 1.87 bits per heavy atom. The van der Waals surface area contributed by atoms with Gasteiger partial charge in [-0.15, -0.1) is 11.3 Å². The molecule has 0 aliphatic rings. The second kappa shape index (κ2) is 6.22. The lowest BCUT2D eigenvalue weighted by atomic mass is 10.1. The molecular formula is C18H15NO3S. The van der Waals surface area contributed by atoms with Gasteiger partial charge in [-0.25, -0.2) is 9.78 Å². The van der Waals surface area contributed by atoms with Crippen molar-refractivity contribution < 1.29 is 14.6 Å². The first-order valence-corrected chi connectivity index (χ1v) is 7.85. The van der Waals surface area contributed by atoms with Crippen LogP contribution in [0.15, 0.2) is 48.5 Å². The normalized spacial score (nSPS) is 10.5. The van der Waals surface area contributed by atoms with Crippen LogP contribution in [0.5, 0.6) is 5.75 Å². The number of aromatic nitrogens is 1. The Bertz CT molecular complexity index is 853. The van der Waals surface area contributed by atoms with E-state index in [1.807, 2.05) is 43.3 Å². The SMILES string of the molecule is COc1ccc(-c2nc(-c3cccc(C)c3)sc2C(=O)O)cc1. The van der Waals surface area contributed by atoms with Crippen molar-refractivity contribution in [2.75, 3.05) is 7.11 Å². The molecule has 0 saturated carbocycles. The molecule has 0 spiro atoms. The average Bonchev–Trinajstić information content (AvgIpc) is 3.00. The summed E-state index contributed by atoms with van der Waals surface area (Å²) >= 11 is 1.19. The molecule has 4 nitrogen and oxygen atoms in total. The van der Waals surface area contributed by atoms with Gasteiger partial charge < -0.3 is 9.84 Å². The number of hydrogen-bond donors (Lipinski definition) is 1. The summed E-state index contributed by atoms with van der Waals surface area (Å²) in [4.78, 5) is 16.4. The van der Waals surface area contributed by atoms with Crippen molar-refractivity contribution in [1.82, 2.24) is 4.98 Å². The smallest absolute Gasteiger partial charge is 0.348 e. The number of aromatic carboxylic acids is 1. The van der Waals surface area contributed by atoms with Gasteiger partial charge in [-0.1, -0.05) is 23.8 Å². The molecule has 0 saturated heterocycles. The number of thiazole rings is 1. The Hall–Kier alpha value is -2.66. The lowest BCUT2D eigenvalue weighted by molar-refractivity contribution is 0.0702. The van der Waals surface area contributed by atoms with Gasteiger partial charge >= 0.3 is 5.97 Å². The van der Waals surface area contributed by atoms with Gasteiger partial charge in [0.15, 0.2) is 0 Å². The van der Waals surface area contributed by atoms with Crippen molar-refractivity contribution in [3.8, 4) is 27.6 Å². The fraction of sp³-hybridized carbons (Fsp3) is 0.111. The van der Waals surface area contributed by atoms with Crippen molar-refractivity contribution in [1.29, 1.82) is 0 Å². The van der Waals surface area contributed by atoms with Gasteiger partial charge in [0.05, 0.1) is 12.8 Å². The molecule has 1 heterocycles. The zero-order chi connectivity index (χ0) is 16.4. The van der Waals surface area contributed by atoms with E-state index >= 15 is 0 Å². The summed E-state index contributed by atoms with van der Waals surface area (Å²) in [6.07, 6.45) is 0. The summed E-state index contributed by atoms with van der Waals surface area (Å²) < 4.78 is 5.14. The first kappa shape index (κ1) is 15.2. The fourth-order valence-corrected chi connectivity index (χ4v) is 3.23. The first-order chi connectivity index (χ1) is 11.1. The number of carbonyl (C=O) groups is 1. The minimum Gasteiger partial charge on any atom is -0.497 e. The van der Waals surface area contributed by atoms with Crippen LogP contribution in [-0.4, -0.2) is 23.2 Å². The summed E-state index contributed by atoms with van der Waals surface area (Å²) in [5.41, 5.74) is 3.29. The quantitative estimate of drug-likeness (QED) is 0.767. The molecule has 1 aromatic heterocycles. The number of carboxylic acid groups (broad SMARTS) is 1. The minimum atomic E-state index is -0.966. The van der Waals surface area contributed by atoms with Gasteiger partial charge in [0.25, 0.3) is 0 Å². The lowest BCUT2D eigenvalue weighted by Gasteiger charge is -2.02. The van der Waals surface area contributed by atoms with Gasteiger partial charge in [-0.05, 0) is 37.3 Å². The summed E-state index contributed by atoms with van der Waals surface area (Å²) in [5.74, 6) is -0.244. The number of hydrogen-bond acceptors (Lipinski definition) is 4. The van der Waals surface area contributed by atoms with Crippen LogP contribution in [0.4, 0.5) is 0 Å². The maximum absolute atomic E-state index is 11.6. The van der Waals surface area contributed by atoms with Crippen LogP contribution in [0.1, 0.15) is 15.2 Å². The van der Waals surface area contributed by atoms with Gasteiger partial charge in [0.1, 0.15) is 15.6 Å². The number of methoxy groups -OCH3 is 1. The number of rotatable bonds is 4. The molecule has 3 aromatic rings. The van der Waals surface area contributed by atoms with E-state index in [0.717, 1.165) is 22.4 Å². The van der Waals surface area contributed by atoms with E-state index in [1.165, 1.54) is 11.3 Å². The molecule has 23 heavy (non-hydrogen) atoms. The molecule has 116 valence electrons. The molecule has 3 rings (SSSR count). The second-order valence-electron chi connectivity index (χ2n) is 5.10. The predicted octanol–water partition coefficient (Wildman–Crippen LogP) is 4.49. The molecular weight excluding hydrogens is 310 g/mol. The fourth-order valence-electron chi connectivity index (χ4n) is 2.31. The molecule has 0 aliphatic carbocycles. The molecule has 5 heteroatoms. The van der Waals surface area contributed by atoms with Gasteiger partial charge in [-0.2, -0.15) is 0 Å². The molecule has 0 unspecified atom stereocenters. The number of nitrogens with zero attached hydrogens (tertiary/aromatic N) is 1. The largest absolute Gasteiger partial charge is 0.497 e. The molecule has 0 fully saturated rings. The molecule has 2 aromatic carbocycles. The minimum absolute atomic E-state index is 0.242. The summed E-state index contributed by atoms with van der Waals surface area (Å²) in [7, 11) is 1.59. The van der Waals surface area contributed by atoms with Crippen molar-refractivity contribution in [2.24, 2.45) is 0 Å². The van der Waals surface area contributed by atoms with E-state index in [-0.39, 0.29) is 4.88 Å². The predicted molar refractivity (Wildman–Crippen MR) is 91.2 cm³/mol. The van der Waals surface area contributed by atoms with Crippen LogP contribution in [-0.2, 0) is 0 Å². The Morgan fingerprint density at radius 1 is 1.13 bits per heavy atom. The summed E-state index contributed by atoms with van der Waals surface area (Å²) in [6.45, 7) is 2.00. The summed E-state index contributed by atoms with van der Waals surface area (Å²) in [5, 5.41) is 10.2. The van der Waals surface area contributed by atoms with Crippen molar-refractivity contribution in [3.63, 3.8) is 0 Å². The van der Waals surface area contributed by atoms with E-state index in [9.17, 15) is 9.90 Å². The zero-order valence-corrected chi connectivity index (χ0v) is 13.6. The van der Waals surface area contributed by atoms with Crippen LogP contribution in [0.3, 0.4) is 0 Å². The maximum atomic E-state index is 11.6. The monoisotopic (exact) mass is 325 g/mol. The molecule has 0 radical (unpaired) electrons. The maximum Gasteiger partial charge on any atom is 0.348 e. The van der Waals surface area contributed by atoms with E-state index in [0.29, 0.717) is 10.7 Å². The highest BCUT2D eigenvalue weighted by Crippen LogP contribution is 2.34. The van der Waals surface area contributed by atoms with Gasteiger partial charge in [0, 0.05) is 11.1 Å². The number of aryl methyl sites for hydroxylation is 1. The second-order valence-corrected chi connectivity index (χ2v) is 6.10. The van der Waals surface area contributed by atoms with Crippen molar-refractivity contribution in [3.05, 3.63) is 59.0 Å². The number of carboxylic acids is 1. The Labute approximate surface area is 138 Å². The Kier molecular flexibility index (Phi) is 4.12. The molecule has 0 bridgehead atoms. The van der Waals surface area contributed by atoms with E-state index in [2.05, 4.69) is 4.98 Å². The van der Waals surface area contributed by atoms with Crippen molar-refractivity contribution in [2.45, 2.75) is 6.92 Å². The van der Waals surface area contributed by atoms with Crippen LogP contribution >= 0.6 is 11.3 Å². The van der Waals surface area contributed by atoms with Gasteiger partial charge in [0.2, 0.25) is 0 Å². The third kappa shape index (κ3) is 3.10. The Morgan fingerprint density at radius 3 is 2.48 bits per heavy atom. The third-order valence-corrected chi connectivity index (χ3v) is 4.54. The highest BCUT2D eigenvalue weighted by molar-refractivity contribution is 7.17. The summed E-state index contributed by atoms with van der Waals surface area (Å²) in [6, 6.07) is 15.1. The molecule has 0 amide bonds. The van der Waals surface area contributed by atoms with Crippen LogP contribution in [0.25, 0.3) is 21.8 Å². The van der Waals surface area contributed by atoms with Crippen LogP contribution in [0.2, 0.25) is 0 Å². The van der Waals surface area contributed by atoms with E-state index < -0.39 is 5.97 Å². The molecule has 1 N–H and O–H groups in total. The van der Waals surface area contributed by atoms with Crippen LogP contribution < -0.4 is 4.74 Å². The zero-order valence-electron chi connectivity index (χ0n) is 12.7. The average molecular weight is 325 g/mol. The first-order valence-electron chi connectivity index (χ1n) is 7.04. The highest BCUT2D eigenvalue weighted by atomic mass is 32.1. The van der Waals surface area contributed by atoms with E-state index in [1.54, 1.807) is 19.2 Å². The number of benzene rings is 2. The number of ether oxygens (including phenoxy) is 1. The molecule has 0 atom stereocenters. The standard InChI is InChI=1S/C18H15NO3S/c1-11-4-3-5-13(10-11)17-19-15(16(23-17)18(20)21)12-6-8-14(22-2)9-7-12/h3-10H,1-2H3,(H,20,21). The highest BCUT2D eigenvalue weighted by Gasteiger charge is 2.19. The molecule has 0 aliphatic heterocycles. The van der Waals surface area contributed by atoms with Crippen LogP contribution in [0, 0.1) is 6.92 Å². The van der Waals surface area contributed by atoms with Crippen molar-refractivity contribution >= 4 is 17.3 Å².